The van der Waals surface area contributed by atoms with Crippen LogP contribution in [0.4, 0.5) is 11.5 Å². The molecule has 1 saturated carbocycles. The van der Waals surface area contributed by atoms with Crippen LogP contribution in [-0.2, 0) is 0 Å². The number of hydrogen-bond acceptors (Lipinski definition) is 5. The molecule has 0 atom stereocenters. The van der Waals surface area contributed by atoms with Crippen LogP contribution >= 0.6 is 0 Å². The van der Waals surface area contributed by atoms with Crippen LogP contribution in [0.25, 0.3) is 11.0 Å². The van der Waals surface area contributed by atoms with Crippen molar-refractivity contribution < 1.29 is 0 Å². The first kappa shape index (κ1) is 13.2. The minimum absolute atomic E-state index is 0.328. The van der Waals surface area contributed by atoms with Gasteiger partial charge in [0, 0.05) is 18.2 Å². The van der Waals surface area contributed by atoms with E-state index in [1.54, 1.807) is 6.20 Å². The molecule has 3 aromatic heterocycles. The first-order valence-corrected chi connectivity index (χ1v) is 7.65. The molecule has 0 unspecified atom stereocenters. The maximum Gasteiger partial charge on any atom is 0.160 e. The number of aromatic amines is 1. The van der Waals surface area contributed by atoms with Crippen LogP contribution in [0, 0.1) is 6.92 Å². The van der Waals surface area contributed by atoms with Gasteiger partial charge in [0.1, 0.15) is 16.9 Å². The molecule has 1 fully saturated rings. The monoisotopic (exact) mass is 297 g/mol. The van der Waals surface area contributed by atoms with E-state index in [0.717, 1.165) is 34.1 Å². The van der Waals surface area contributed by atoms with Crippen molar-refractivity contribution in [3.63, 3.8) is 0 Å². The van der Waals surface area contributed by atoms with E-state index in [1.807, 2.05) is 17.8 Å². The lowest BCUT2D eigenvalue weighted by Crippen LogP contribution is -2.01. The molecule has 3 heterocycles. The summed E-state index contributed by atoms with van der Waals surface area (Å²) in [4.78, 5) is 9.28. The Hall–Kier alpha value is -2.44. The van der Waals surface area contributed by atoms with Gasteiger partial charge >= 0.3 is 0 Å². The van der Waals surface area contributed by atoms with E-state index in [0.29, 0.717) is 12.0 Å². The van der Waals surface area contributed by atoms with Crippen molar-refractivity contribution >= 4 is 22.5 Å². The van der Waals surface area contributed by atoms with Gasteiger partial charge in [0.2, 0.25) is 0 Å². The number of nitrogens with zero attached hydrogens (tertiary/aromatic N) is 5. The Morgan fingerprint density at radius 1 is 1.32 bits per heavy atom. The first-order valence-electron chi connectivity index (χ1n) is 7.65. The van der Waals surface area contributed by atoms with Gasteiger partial charge in [-0.1, -0.05) is 0 Å². The summed E-state index contributed by atoms with van der Waals surface area (Å²) in [5.41, 5.74) is 3.60. The molecule has 0 amide bonds. The lowest BCUT2D eigenvalue weighted by Gasteiger charge is -2.07. The molecule has 1 aliphatic carbocycles. The molecule has 4 rings (SSSR count). The third-order valence-electron chi connectivity index (χ3n) is 3.96. The van der Waals surface area contributed by atoms with Crippen molar-refractivity contribution in [1.29, 1.82) is 0 Å². The second-order valence-electron chi connectivity index (χ2n) is 6.16. The minimum atomic E-state index is 0.328. The fourth-order valence-corrected chi connectivity index (χ4v) is 2.47. The van der Waals surface area contributed by atoms with Gasteiger partial charge in [0.05, 0.1) is 17.6 Å². The molecule has 2 N–H and O–H groups in total. The average Bonchev–Trinajstić information content (AvgIpc) is 3.11. The summed E-state index contributed by atoms with van der Waals surface area (Å²) in [5.74, 6) is 2.18. The minimum Gasteiger partial charge on any atom is -0.336 e. The second kappa shape index (κ2) is 4.79. The van der Waals surface area contributed by atoms with E-state index in [1.165, 1.54) is 12.8 Å². The Balaban J connectivity index is 1.75. The van der Waals surface area contributed by atoms with Gasteiger partial charge in [-0.2, -0.15) is 10.2 Å². The number of fused-ring (bicyclic) bond motifs is 1. The zero-order valence-electron chi connectivity index (χ0n) is 13.0. The first-order chi connectivity index (χ1) is 10.6. The highest BCUT2D eigenvalue weighted by Crippen LogP contribution is 2.39. The number of hydrogen-bond donors (Lipinski definition) is 2. The number of anilines is 2. The Labute approximate surface area is 128 Å². The van der Waals surface area contributed by atoms with Crippen LogP contribution in [0.2, 0.25) is 0 Å². The van der Waals surface area contributed by atoms with Crippen molar-refractivity contribution in [2.45, 2.75) is 45.6 Å². The van der Waals surface area contributed by atoms with E-state index in [-0.39, 0.29) is 0 Å². The Morgan fingerprint density at radius 2 is 2.14 bits per heavy atom. The summed E-state index contributed by atoms with van der Waals surface area (Å²) in [7, 11) is 0. The Morgan fingerprint density at radius 3 is 2.82 bits per heavy atom. The SMILES string of the molecule is Cc1nn(C(C)C)cc1Nc1nc(C2CC2)nc2cn[nH]c12. The summed E-state index contributed by atoms with van der Waals surface area (Å²) in [6.07, 6.45) is 6.11. The van der Waals surface area contributed by atoms with E-state index in [9.17, 15) is 0 Å². The van der Waals surface area contributed by atoms with Crippen LogP contribution in [0.5, 0.6) is 0 Å². The molecule has 0 aliphatic heterocycles. The molecule has 7 heteroatoms. The highest BCUT2D eigenvalue weighted by atomic mass is 15.3. The third-order valence-corrected chi connectivity index (χ3v) is 3.96. The Bertz CT molecular complexity index is 826. The highest BCUT2D eigenvalue weighted by Gasteiger charge is 2.28. The predicted molar refractivity (Wildman–Crippen MR) is 84.3 cm³/mol. The van der Waals surface area contributed by atoms with Crippen LogP contribution in [0.3, 0.4) is 0 Å². The quantitative estimate of drug-likeness (QED) is 0.773. The summed E-state index contributed by atoms with van der Waals surface area (Å²) < 4.78 is 1.95. The van der Waals surface area contributed by atoms with E-state index in [2.05, 4.69) is 39.4 Å². The van der Waals surface area contributed by atoms with Crippen LogP contribution < -0.4 is 5.32 Å². The van der Waals surface area contributed by atoms with Gasteiger partial charge in [-0.15, -0.1) is 0 Å². The maximum absolute atomic E-state index is 4.70. The van der Waals surface area contributed by atoms with Gasteiger partial charge in [0.15, 0.2) is 5.82 Å². The maximum atomic E-state index is 4.70. The smallest absolute Gasteiger partial charge is 0.160 e. The predicted octanol–water partition coefficient (Wildman–Crippen LogP) is 3.06. The molecule has 114 valence electrons. The number of aromatic nitrogens is 6. The lowest BCUT2D eigenvalue weighted by molar-refractivity contribution is 0.529. The molecule has 7 nitrogen and oxygen atoms in total. The number of rotatable bonds is 4. The van der Waals surface area contributed by atoms with Crippen molar-refractivity contribution in [1.82, 2.24) is 29.9 Å². The van der Waals surface area contributed by atoms with Crippen molar-refractivity contribution in [3.05, 3.63) is 23.9 Å². The summed E-state index contributed by atoms with van der Waals surface area (Å²) in [6, 6.07) is 0.328. The molecule has 0 saturated heterocycles. The number of nitrogens with one attached hydrogen (secondary N) is 2. The molecule has 0 radical (unpaired) electrons. The van der Waals surface area contributed by atoms with Crippen molar-refractivity contribution in [2.75, 3.05) is 5.32 Å². The van der Waals surface area contributed by atoms with E-state index < -0.39 is 0 Å². The molecule has 0 aromatic carbocycles. The van der Waals surface area contributed by atoms with Gasteiger partial charge in [-0.05, 0) is 33.6 Å². The molecular weight excluding hydrogens is 278 g/mol. The topological polar surface area (TPSA) is 84.3 Å². The summed E-state index contributed by atoms with van der Waals surface area (Å²) >= 11 is 0. The Kier molecular flexibility index (Phi) is 2.88. The van der Waals surface area contributed by atoms with E-state index in [4.69, 9.17) is 4.98 Å². The van der Waals surface area contributed by atoms with Gasteiger partial charge in [0.25, 0.3) is 0 Å². The number of aryl methyl sites for hydroxylation is 1. The molecule has 22 heavy (non-hydrogen) atoms. The lowest BCUT2D eigenvalue weighted by atomic mass is 10.3. The zero-order chi connectivity index (χ0) is 15.3. The fraction of sp³-hybridized carbons (Fsp3) is 0.467. The molecule has 1 aliphatic rings. The van der Waals surface area contributed by atoms with Crippen molar-refractivity contribution in [3.8, 4) is 0 Å². The average molecular weight is 297 g/mol. The van der Waals surface area contributed by atoms with Crippen molar-refractivity contribution in [2.24, 2.45) is 0 Å². The molecular formula is C15H19N7. The molecule has 3 aromatic rings. The van der Waals surface area contributed by atoms with E-state index >= 15 is 0 Å². The van der Waals surface area contributed by atoms with Crippen LogP contribution in [0.15, 0.2) is 12.4 Å². The third kappa shape index (κ3) is 2.22. The van der Waals surface area contributed by atoms with Gasteiger partial charge in [-0.3, -0.25) is 9.78 Å². The summed E-state index contributed by atoms with van der Waals surface area (Å²) in [5, 5.41) is 15.0. The normalized spacial score (nSPS) is 14.9. The highest BCUT2D eigenvalue weighted by molar-refractivity contribution is 5.87. The molecule has 0 spiro atoms. The standard InChI is InChI=1S/C15H19N7/c1-8(2)22-7-12(9(3)21-22)18-15-13-11(6-16-20-13)17-14(19-15)10-4-5-10/h6-8,10H,4-5H2,1-3H3,(H,16,20)(H,17,18,19). The molecule has 0 bridgehead atoms. The van der Waals surface area contributed by atoms with Crippen LogP contribution in [0.1, 0.15) is 50.2 Å². The fourth-order valence-electron chi connectivity index (χ4n) is 2.47. The summed E-state index contributed by atoms with van der Waals surface area (Å²) in [6.45, 7) is 6.22. The van der Waals surface area contributed by atoms with Crippen LogP contribution in [-0.4, -0.2) is 29.9 Å². The zero-order valence-corrected chi connectivity index (χ0v) is 13.0. The second-order valence-corrected chi connectivity index (χ2v) is 6.16. The van der Waals surface area contributed by atoms with Gasteiger partial charge in [-0.25, -0.2) is 9.97 Å². The number of H-pyrrole nitrogens is 1. The largest absolute Gasteiger partial charge is 0.336 e. The van der Waals surface area contributed by atoms with Gasteiger partial charge < -0.3 is 5.32 Å².